The van der Waals surface area contributed by atoms with Crippen LogP contribution >= 0.6 is 35.0 Å². The Kier molecular flexibility index (Phi) is 6.33. The molecule has 0 spiro atoms. The summed E-state index contributed by atoms with van der Waals surface area (Å²) in [6.07, 6.45) is 0.0590. The highest BCUT2D eigenvalue weighted by Crippen LogP contribution is 2.36. The van der Waals surface area contributed by atoms with E-state index in [9.17, 15) is 9.59 Å². The number of aryl methyl sites for hydroxylation is 1. The van der Waals surface area contributed by atoms with Crippen LogP contribution in [0.25, 0.3) is 0 Å². The van der Waals surface area contributed by atoms with Crippen molar-refractivity contribution in [3.05, 3.63) is 57.6 Å². The summed E-state index contributed by atoms with van der Waals surface area (Å²) in [5.41, 5.74) is 3.35. The molecule has 2 amide bonds. The normalized spacial score (nSPS) is 18.0. The van der Waals surface area contributed by atoms with Crippen molar-refractivity contribution in [2.45, 2.75) is 25.5 Å². The molecule has 0 aromatic heterocycles. The van der Waals surface area contributed by atoms with Gasteiger partial charge in [-0.25, -0.2) is 4.99 Å². The van der Waals surface area contributed by atoms with Crippen molar-refractivity contribution in [3.8, 4) is 0 Å². The minimum Gasteiger partial charge on any atom is -0.326 e. The van der Waals surface area contributed by atoms with Crippen LogP contribution in [0.5, 0.6) is 0 Å². The Hall–Kier alpha value is -2.02. The lowest BCUT2D eigenvalue weighted by Crippen LogP contribution is -2.30. The van der Waals surface area contributed by atoms with Gasteiger partial charge in [-0.05, 0) is 43.2 Å². The van der Waals surface area contributed by atoms with Crippen molar-refractivity contribution in [3.63, 3.8) is 0 Å². The summed E-state index contributed by atoms with van der Waals surface area (Å²) in [7, 11) is 1.63. The number of nitrogens with one attached hydrogen (secondary N) is 1. The number of hydrogen-bond acceptors (Lipinski definition) is 4. The zero-order chi connectivity index (χ0) is 20.4. The largest absolute Gasteiger partial charge is 0.326 e. The third kappa shape index (κ3) is 4.35. The zero-order valence-electron chi connectivity index (χ0n) is 15.6. The van der Waals surface area contributed by atoms with Gasteiger partial charge in [0, 0.05) is 19.2 Å². The lowest BCUT2D eigenvalue weighted by molar-refractivity contribution is -0.127. The van der Waals surface area contributed by atoms with Crippen molar-refractivity contribution in [1.29, 1.82) is 0 Å². The highest BCUT2D eigenvalue weighted by atomic mass is 35.5. The van der Waals surface area contributed by atoms with E-state index >= 15 is 0 Å². The first kappa shape index (κ1) is 20.7. The lowest BCUT2D eigenvalue weighted by atomic mass is 10.1. The number of rotatable bonds is 4. The number of amides is 2. The molecule has 3 rings (SSSR count). The molecular weight excluding hydrogens is 417 g/mol. The van der Waals surface area contributed by atoms with Crippen LogP contribution < -0.4 is 5.32 Å². The van der Waals surface area contributed by atoms with Crippen LogP contribution in [0, 0.1) is 13.8 Å². The van der Waals surface area contributed by atoms with E-state index in [0.29, 0.717) is 20.9 Å². The van der Waals surface area contributed by atoms with E-state index in [4.69, 9.17) is 23.2 Å². The minimum atomic E-state index is -0.535. The first-order valence-electron chi connectivity index (χ1n) is 8.61. The summed E-state index contributed by atoms with van der Waals surface area (Å²) in [5.74, 6) is -0.381. The summed E-state index contributed by atoms with van der Waals surface area (Å²) in [4.78, 5) is 30.9. The SMILES string of the molecule is Cc1cccc(NC(=O)CC2SC(=Nc3cccc(Cl)c3Cl)N(C)C2=O)c1C. The number of nitrogens with zero attached hydrogens (tertiary/aromatic N) is 2. The number of hydrogen-bond donors (Lipinski definition) is 1. The van der Waals surface area contributed by atoms with Gasteiger partial charge in [-0.1, -0.05) is 53.2 Å². The van der Waals surface area contributed by atoms with Crippen LogP contribution in [0.15, 0.2) is 41.4 Å². The van der Waals surface area contributed by atoms with E-state index in [-0.39, 0.29) is 18.2 Å². The fourth-order valence-corrected chi connectivity index (χ4v) is 4.22. The van der Waals surface area contributed by atoms with E-state index in [1.807, 2.05) is 32.0 Å². The van der Waals surface area contributed by atoms with Crippen molar-refractivity contribution in [1.82, 2.24) is 4.90 Å². The zero-order valence-corrected chi connectivity index (χ0v) is 18.0. The number of carbonyl (C=O) groups is 2. The van der Waals surface area contributed by atoms with Crippen molar-refractivity contribution in [2.75, 3.05) is 12.4 Å². The standard InChI is InChI=1S/C20H19Cl2N3O2S/c1-11-6-4-8-14(12(11)2)23-17(26)10-16-19(27)25(3)20(28-16)24-15-9-5-7-13(21)18(15)22/h4-9,16H,10H2,1-3H3,(H,23,26). The Morgan fingerprint density at radius 3 is 2.68 bits per heavy atom. The molecule has 1 aliphatic rings. The molecule has 1 saturated heterocycles. The predicted octanol–water partition coefficient (Wildman–Crippen LogP) is 5.20. The highest BCUT2D eigenvalue weighted by molar-refractivity contribution is 8.15. The van der Waals surface area contributed by atoms with Gasteiger partial charge in [0.15, 0.2) is 5.17 Å². The molecule has 2 aromatic carbocycles. The van der Waals surface area contributed by atoms with E-state index in [1.54, 1.807) is 25.2 Å². The van der Waals surface area contributed by atoms with E-state index in [1.165, 1.54) is 16.7 Å². The summed E-state index contributed by atoms with van der Waals surface area (Å²) in [5, 5.41) is 3.56. The molecule has 1 heterocycles. The molecule has 1 aliphatic heterocycles. The fraction of sp³-hybridized carbons (Fsp3) is 0.250. The lowest BCUT2D eigenvalue weighted by Gasteiger charge is -2.12. The van der Waals surface area contributed by atoms with Gasteiger partial charge in [0.25, 0.3) is 0 Å². The smallest absolute Gasteiger partial charge is 0.242 e. The summed E-state index contributed by atoms with van der Waals surface area (Å²) < 4.78 is 0. The Labute approximate surface area is 178 Å². The average molecular weight is 436 g/mol. The minimum absolute atomic E-state index is 0.0590. The van der Waals surface area contributed by atoms with Gasteiger partial charge in [0.05, 0.1) is 15.7 Å². The summed E-state index contributed by atoms with van der Waals surface area (Å²) in [6.45, 7) is 3.94. The third-order valence-electron chi connectivity index (χ3n) is 4.54. The van der Waals surface area contributed by atoms with Gasteiger partial charge in [-0.3, -0.25) is 14.5 Å². The summed E-state index contributed by atoms with van der Waals surface area (Å²) in [6, 6.07) is 10.9. The number of anilines is 1. The Morgan fingerprint density at radius 2 is 1.93 bits per heavy atom. The Morgan fingerprint density at radius 1 is 1.21 bits per heavy atom. The number of thioether (sulfide) groups is 1. The van der Waals surface area contributed by atoms with E-state index in [0.717, 1.165) is 16.8 Å². The second kappa shape index (κ2) is 8.55. The molecule has 0 bridgehead atoms. The molecule has 0 saturated carbocycles. The molecule has 0 aliphatic carbocycles. The average Bonchev–Trinajstić information content (AvgIpc) is 2.91. The predicted molar refractivity (Wildman–Crippen MR) is 117 cm³/mol. The van der Waals surface area contributed by atoms with Crippen LogP contribution in [0.2, 0.25) is 10.0 Å². The second-order valence-electron chi connectivity index (χ2n) is 6.47. The summed E-state index contributed by atoms with van der Waals surface area (Å²) >= 11 is 13.4. The molecule has 146 valence electrons. The van der Waals surface area contributed by atoms with Gasteiger partial charge in [0.1, 0.15) is 5.25 Å². The van der Waals surface area contributed by atoms with Gasteiger partial charge >= 0.3 is 0 Å². The van der Waals surface area contributed by atoms with E-state index in [2.05, 4.69) is 10.3 Å². The number of aliphatic imine (C=N–C) groups is 1. The van der Waals surface area contributed by atoms with Crippen molar-refractivity contribution in [2.24, 2.45) is 4.99 Å². The Balaban J connectivity index is 1.73. The molecule has 28 heavy (non-hydrogen) atoms. The molecule has 1 unspecified atom stereocenters. The molecule has 8 heteroatoms. The molecule has 1 N–H and O–H groups in total. The highest BCUT2D eigenvalue weighted by Gasteiger charge is 2.37. The maximum Gasteiger partial charge on any atom is 0.242 e. The number of benzene rings is 2. The third-order valence-corrected chi connectivity index (χ3v) is 6.58. The maximum absolute atomic E-state index is 12.6. The Bertz CT molecular complexity index is 978. The number of carbonyl (C=O) groups excluding carboxylic acids is 2. The van der Waals surface area contributed by atoms with Crippen LogP contribution in [-0.2, 0) is 9.59 Å². The van der Waals surface area contributed by atoms with Crippen LogP contribution in [-0.4, -0.2) is 34.2 Å². The first-order chi connectivity index (χ1) is 13.3. The molecule has 2 aromatic rings. The fourth-order valence-electron chi connectivity index (χ4n) is 2.74. The van der Waals surface area contributed by atoms with Gasteiger partial charge in [-0.2, -0.15) is 0 Å². The molecule has 1 fully saturated rings. The van der Waals surface area contributed by atoms with Crippen molar-refractivity contribution < 1.29 is 9.59 Å². The molecule has 1 atom stereocenters. The number of halogens is 2. The molecule has 0 radical (unpaired) electrons. The van der Waals surface area contributed by atoms with Gasteiger partial charge in [0.2, 0.25) is 11.8 Å². The topological polar surface area (TPSA) is 61.8 Å². The van der Waals surface area contributed by atoms with Crippen LogP contribution in [0.4, 0.5) is 11.4 Å². The van der Waals surface area contributed by atoms with E-state index < -0.39 is 5.25 Å². The van der Waals surface area contributed by atoms with Gasteiger partial charge < -0.3 is 5.32 Å². The molecular formula is C20H19Cl2N3O2S. The van der Waals surface area contributed by atoms with Crippen LogP contribution in [0.1, 0.15) is 17.5 Å². The monoisotopic (exact) mass is 435 g/mol. The quantitative estimate of drug-likeness (QED) is 0.717. The van der Waals surface area contributed by atoms with Gasteiger partial charge in [-0.15, -0.1) is 0 Å². The number of amidine groups is 1. The first-order valence-corrected chi connectivity index (χ1v) is 10.2. The van der Waals surface area contributed by atoms with Crippen LogP contribution in [0.3, 0.4) is 0 Å². The van der Waals surface area contributed by atoms with Crippen molar-refractivity contribution >= 4 is 63.3 Å². The molecule has 5 nitrogen and oxygen atoms in total. The second-order valence-corrected chi connectivity index (χ2v) is 8.43. The maximum atomic E-state index is 12.6.